The summed E-state index contributed by atoms with van der Waals surface area (Å²) in [5.74, 6) is 0.491. The highest BCUT2D eigenvalue weighted by Gasteiger charge is 2.18. The Bertz CT molecular complexity index is 603. The number of benzene rings is 1. The Morgan fingerprint density at radius 3 is 2.57 bits per heavy atom. The van der Waals surface area contributed by atoms with Crippen molar-refractivity contribution < 1.29 is 5.11 Å². The Kier molecular flexibility index (Phi) is 5.65. The monoisotopic (exact) mass is 331 g/mol. The second kappa shape index (κ2) is 7.90. The van der Waals surface area contributed by atoms with Crippen LogP contribution >= 0.6 is 11.3 Å². The third kappa shape index (κ3) is 4.53. The van der Waals surface area contributed by atoms with Crippen molar-refractivity contribution in [3.05, 3.63) is 45.9 Å². The molecule has 23 heavy (non-hydrogen) atoms. The van der Waals surface area contributed by atoms with Gasteiger partial charge >= 0.3 is 0 Å². The molecule has 5 heteroatoms. The molecule has 124 valence electrons. The largest absolute Gasteiger partial charge is 0.396 e. The summed E-state index contributed by atoms with van der Waals surface area (Å²) >= 11 is 1.75. The molecule has 3 rings (SSSR count). The molecule has 0 amide bonds. The molecular weight excluding hydrogens is 306 g/mol. The maximum atomic E-state index is 9.22. The van der Waals surface area contributed by atoms with Gasteiger partial charge in [0.15, 0.2) is 0 Å². The molecule has 0 spiro atoms. The number of thiazole rings is 1. The number of hydrogen-bond acceptors (Lipinski definition) is 5. The van der Waals surface area contributed by atoms with E-state index in [2.05, 4.69) is 39.5 Å². The molecule has 1 fully saturated rings. The van der Waals surface area contributed by atoms with Gasteiger partial charge in [0.1, 0.15) is 0 Å². The summed E-state index contributed by atoms with van der Waals surface area (Å²) < 4.78 is 0. The van der Waals surface area contributed by atoms with E-state index in [4.69, 9.17) is 0 Å². The molecule has 1 saturated heterocycles. The highest BCUT2D eigenvalue weighted by Crippen LogP contribution is 2.23. The lowest BCUT2D eigenvalue weighted by atomic mass is 9.97. The van der Waals surface area contributed by atoms with Crippen molar-refractivity contribution in [1.82, 2.24) is 10.3 Å². The number of nitrogens with one attached hydrogen (secondary N) is 1. The van der Waals surface area contributed by atoms with Gasteiger partial charge < -0.3 is 15.3 Å². The van der Waals surface area contributed by atoms with Gasteiger partial charge in [0, 0.05) is 49.5 Å². The van der Waals surface area contributed by atoms with Gasteiger partial charge in [-0.1, -0.05) is 12.1 Å². The van der Waals surface area contributed by atoms with Crippen LogP contribution in [0.4, 0.5) is 5.69 Å². The smallest absolute Gasteiger partial charge is 0.0897 e. The van der Waals surface area contributed by atoms with E-state index in [1.807, 2.05) is 13.1 Å². The molecule has 2 heterocycles. The normalized spacial score (nSPS) is 16.0. The van der Waals surface area contributed by atoms with Gasteiger partial charge in [0.25, 0.3) is 0 Å². The summed E-state index contributed by atoms with van der Waals surface area (Å²) in [6, 6.07) is 8.84. The number of piperidine rings is 1. The first kappa shape index (κ1) is 16.4. The lowest BCUT2D eigenvalue weighted by molar-refractivity contribution is 0.203. The van der Waals surface area contributed by atoms with Crippen LogP contribution in [0.5, 0.6) is 0 Å². The molecule has 0 radical (unpaired) electrons. The van der Waals surface area contributed by atoms with Crippen LogP contribution < -0.4 is 10.2 Å². The number of rotatable bonds is 6. The molecule has 0 saturated carbocycles. The van der Waals surface area contributed by atoms with Crippen molar-refractivity contribution in [1.29, 1.82) is 0 Å². The van der Waals surface area contributed by atoms with Gasteiger partial charge in [0.05, 0.1) is 5.01 Å². The highest BCUT2D eigenvalue weighted by molar-refractivity contribution is 7.11. The van der Waals surface area contributed by atoms with Crippen LogP contribution in [-0.4, -0.2) is 29.8 Å². The molecule has 0 bridgehead atoms. The summed E-state index contributed by atoms with van der Waals surface area (Å²) in [7, 11) is 0. The predicted octanol–water partition coefficient (Wildman–Crippen LogP) is 2.95. The zero-order chi connectivity index (χ0) is 16.1. The van der Waals surface area contributed by atoms with Crippen molar-refractivity contribution in [2.24, 2.45) is 5.92 Å². The van der Waals surface area contributed by atoms with Gasteiger partial charge in [0.2, 0.25) is 0 Å². The summed E-state index contributed by atoms with van der Waals surface area (Å²) in [5.41, 5.74) is 2.60. The average molecular weight is 331 g/mol. The predicted molar refractivity (Wildman–Crippen MR) is 95.9 cm³/mol. The van der Waals surface area contributed by atoms with Crippen LogP contribution in [0.1, 0.15) is 28.3 Å². The molecule has 0 unspecified atom stereocenters. The third-order valence-electron chi connectivity index (χ3n) is 4.47. The van der Waals surface area contributed by atoms with Gasteiger partial charge in [-0.15, -0.1) is 11.3 Å². The Balaban J connectivity index is 1.47. The number of hydrogen-bond donors (Lipinski definition) is 2. The first-order valence-electron chi connectivity index (χ1n) is 8.31. The number of aliphatic hydroxyl groups excluding tert-OH is 1. The van der Waals surface area contributed by atoms with Crippen LogP contribution in [0, 0.1) is 12.8 Å². The Labute approximate surface area is 142 Å². The fraction of sp³-hybridized carbons (Fsp3) is 0.500. The molecule has 1 aromatic carbocycles. The number of aromatic nitrogens is 1. The molecule has 2 aromatic rings. The minimum absolute atomic E-state index is 0.331. The minimum atomic E-state index is 0.331. The van der Waals surface area contributed by atoms with Crippen molar-refractivity contribution in [2.45, 2.75) is 32.9 Å². The van der Waals surface area contributed by atoms with Crippen LogP contribution in [0.25, 0.3) is 0 Å². The standard InChI is InChI=1S/C18H25N3OS/c1-14-20-12-18(23-14)11-19-10-15-2-4-17(5-3-15)21-8-6-16(13-22)7-9-21/h2-5,12,16,19,22H,6-11,13H2,1H3. The van der Waals surface area contributed by atoms with E-state index in [-0.39, 0.29) is 0 Å². The Morgan fingerprint density at radius 2 is 1.96 bits per heavy atom. The number of aryl methyl sites for hydroxylation is 1. The van der Waals surface area contributed by atoms with Crippen LogP contribution in [0.15, 0.2) is 30.5 Å². The van der Waals surface area contributed by atoms with Gasteiger partial charge in [-0.3, -0.25) is 0 Å². The SMILES string of the molecule is Cc1ncc(CNCc2ccc(N3CCC(CO)CC3)cc2)s1. The van der Waals surface area contributed by atoms with Crippen LogP contribution in [0.3, 0.4) is 0 Å². The highest BCUT2D eigenvalue weighted by atomic mass is 32.1. The maximum absolute atomic E-state index is 9.22. The van der Waals surface area contributed by atoms with Crippen LogP contribution in [0.2, 0.25) is 0 Å². The second-order valence-corrected chi connectivity index (χ2v) is 7.55. The molecule has 4 nitrogen and oxygen atoms in total. The maximum Gasteiger partial charge on any atom is 0.0897 e. The Hall–Kier alpha value is -1.43. The van der Waals surface area contributed by atoms with Crippen molar-refractivity contribution >= 4 is 17.0 Å². The number of nitrogens with zero attached hydrogens (tertiary/aromatic N) is 2. The van der Waals surface area contributed by atoms with E-state index in [0.717, 1.165) is 44.0 Å². The van der Waals surface area contributed by atoms with Gasteiger partial charge in [-0.05, 0) is 43.4 Å². The first-order valence-corrected chi connectivity index (χ1v) is 9.13. The average Bonchev–Trinajstić information content (AvgIpc) is 3.01. The summed E-state index contributed by atoms with van der Waals surface area (Å²) in [4.78, 5) is 7.98. The Morgan fingerprint density at radius 1 is 1.22 bits per heavy atom. The number of anilines is 1. The quantitative estimate of drug-likeness (QED) is 0.854. The molecule has 1 aliphatic heterocycles. The second-order valence-electron chi connectivity index (χ2n) is 6.23. The summed E-state index contributed by atoms with van der Waals surface area (Å²) in [6.45, 7) is 6.22. The zero-order valence-corrected chi connectivity index (χ0v) is 14.5. The molecule has 2 N–H and O–H groups in total. The van der Waals surface area contributed by atoms with E-state index < -0.39 is 0 Å². The summed E-state index contributed by atoms with van der Waals surface area (Å²) in [6.07, 6.45) is 4.13. The molecule has 1 aromatic heterocycles. The summed E-state index contributed by atoms with van der Waals surface area (Å²) in [5, 5.41) is 13.8. The topological polar surface area (TPSA) is 48.4 Å². The van der Waals surface area contributed by atoms with E-state index >= 15 is 0 Å². The molecule has 0 atom stereocenters. The fourth-order valence-electron chi connectivity index (χ4n) is 3.02. The number of aliphatic hydroxyl groups is 1. The lowest BCUT2D eigenvalue weighted by Crippen LogP contribution is -2.34. The first-order chi connectivity index (χ1) is 11.2. The van der Waals surface area contributed by atoms with Crippen molar-refractivity contribution in [2.75, 3.05) is 24.6 Å². The molecule has 0 aliphatic carbocycles. The van der Waals surface area contributed by atoms with E-state index in [1.165, 1.54) is 16.1 Å². The molecule has 1 aliphatic rings. The lowest BCUT2D eigenvalue weighted by Gasteiger charge is -2.33. The van der Waals surface area contributed by atoms with Crippen LogP contribution in [-0.2, 0) is 13.1 Å². The zero-order valence-electron chi connectivity index (χ0n) is 13.7. The van der Waals surface area contributed by atoms with Crippen molar-refractivity contribution in [3.63, 3.8) is 0 Å². The third-order valence-corrected chi connectivity index (χ3v) is 5.38. The fourth-order valence-corrected chi connectivity index (χ4v) is 3.78. The minimum Gasteiger partial charge on any atom is -0.396 e. The van der Waals surface area contributed by atoms with Crippen molar-refractivity contribution in [3.8, 4) is 0 Å². The van der Waals surface area contributed by atoms with Gasteiger partial charge in [-0.25, -0.2) is 4.98 Å². The van der Waals surface area contributed by atoms with E-state index in [1.54, 1.807) is 11.3 Å². The van der Waals surface area contributed by atoms with E-state index in [0.29, 0.717) is 12.5 Å². The van der Waals surface area contributed by atoms with Gasteiger partial charge in [-0.2, -0.15) is 0 Å². The molecular formula is C18H25N3OS. The van der Waals surface area contributed by atoms with E-state index in [9.17, 15) is 5.11 Å².